The van der Waals surface area contributed by atoms with Crippen molar-refractivity contribution in [3.63, 3.8) is 0 Å². The maximum Gasteiger partial charge on any atom is 0.282 e. The van der Waals surface area contributed by atoms with Gasteiger partial charge in [0.1, 0.15) is 0 Å². The van der Waals surface area contributed by atoms with Crippen LogP contribution in [0.1, 0.15) is 25.7 Å². The summed E-state index contributed by atoms with van der Waals surface area (Å²) >= 11 is 2.02. The lowest BCUT2D eigenvalue weighted by atomic mass is 9.91. The van der Waals surface area contributed by atoms with E-state index in [1.54, 1.807) is 6.07 Å². The zero-order valence-corrected chi connectivity index (χ0v) is 13.0. The molecule has 104 valence electrons. The van der Waals surface area contributed by atoms with Crippen LogP contribution in [0.4, 0.5) is 11.4 Å². The summed E-state index contributed by atoms with van der Waals surface area (Å²) in [6, 6.07) is 6.11. The second-order valence-corrected chi connectivity index (χ2v) is 6.23. The molecule has 1 fully saturated rings. The summed E-state index contributed by atoms with van der Waals surface area (Å²) in [6.07, 6.45) is 4.29. The van der Waals surface area contributed by atoms with Crippen molar-refractivity contribution in [2.24, 2.45) is 5.73 Å². The second-order valence-electron chi connectivity index (χ2n) is 5.07. The van der Waals surface area contributed by atoms with Gasteiger partial charge in [-0.15, -0.1) is 0 Å². The van der Waals surface area contributed by atoms with E-state index in [-0.39, 0.29) is 10.6 Å². The van der Waals surface area contributed by atoms with Crippen LogP contribution < -0.4 is 10.6 Å². The first-order chi connectivity index (χ1) is 8.99. The van der Waals surface area contributed by atoms with Gasteiger partial charge in [0.15, 0.2) is 0 Å². The molecule has 0 aliphatic heterocycles. The summed E-state index contributed by atoms with van der Waals surface area (Å²) in [7, 11) is 2.05. The van der Waals surface area contributed by atoms with Crippen molar-refractivity contribution >= 4 is 34.0 Å². The lowest BCUT2D eigenvalue weighted by Crippen LogP contribution is -2.38. The third-order valence-corrected chi connectivity index (χ3v) is 4.69. The molecular weight excluding hydrogens is 357 g/mol. The van der Waals surface area contributed by atoms with E-state index < -0.39 is 0 Å². The van der Waals surface area contributed by atoms with E-state index in [1.165, 1.54) is 0 Å². The first-order valence-electron chi connectivity index (χ1n) is 6.41. The highest BCUT2D eigenvalue weighted by Gasteiger charge is 2.23. The van der Waals surface area contributed by atoms with Crippen LogP contribution in [0.3, 0.4) is 0 Å². The smallest absolute Gasteiger partial charge is 0.282 e. The summed E-state index contributed by atoms with van der Waals surface area (Å²) < 4.78 is 0.680. The van der Waals surface area contributed by atoms with Crippen molar-refractivity contribution in [1.29, 1.82) is 0 Å². The molecule has 1 aromatic rings. The van der Waals surface area contributed by atoms with Crippen LogP contribution in [0.2, 0.25) is 0 Å². The Morgan fingerprint density at radius 2 is 2.00 bits per heavy atom. The molecule has 5 nitrogen and oxygen atoms in total. The topological polar surface area (TPSA) is 72.4 Å². The number of hydrogen-bond donors (Lipinski definition) is 1. The van der Waals surface area contributed by atoms with Gasteiger partial charge in [0.05, 0.1) is 8.49 Å². The summed E-state index contributed by atoms with van der Waals surface area (Å²) in [5.41, 5.74) is 7.13. The molecule has 0 unspecified atom stereocenters. The Hall–Kier alpha value is -0.890. The first-order valence-corrected chi connectivity index (χ1v) is 7.49. The van der Waals surface area contributed by atoms with E-state index in [2.05, 4.69) is 11.9 Å². The van der Waals surface area contributed by atoms with Crippen LogP contribution in [-0.2, 0) is 0 Å². The zero-order valence-electron chi connectivity index (χ0n) is 10.9. The number of halogens is 1. The van der Waals surface area contributed by atoms with E-state index in [4.69, 9.17) is 5.73 Å². The quantitative estimate of drug-likeness (QED) is 0.501. The Morgan fingerprint density at radius 3 is 2.53 bits per heavy atom. The number of nitro benzene ring substituents is 1. The van der Waals surface area contributed by atoms with E-state index in [1.807, 2.05) is 34.7 Å². The van der Waals surface area contributed by atoms with Gasteiger partial charge in [-0.25, -0.2) is 0 Å². The van der Waals surface area contributed by atoms with Gasteiger partial charge < -0.3 is 10.6 Å². The SMILES string of the molecule is CN(c1ccc([N+](=O)[O-])c(I)c1)C1CCC(N)CC1. The van der Waals surface area contributed by atoms with Crippen LogP contribution in [0, 0.1) is 13.7 Å². The maximum absolute atomic E-state index is 10.8. The zero-order chi connectivity index (χ0) is 14.0. The average molecular weight is 375 g/mol. The molecule has 1 aliphatic carbocycles. The van der Waals surface area contributed by atoms with Crippen LogP contribution in [0.15, 0.2) is 18.2 Å². The predicted octanol–water partition coefficient (Wildman–Crippen LogP) is 2.91. The molecule has 0 spiro atoms. The minimum absolute atomic E-state index is 0.170. The van der Waals surface area contributed by atoms with Crippen LogP contribution in [0.5, 0.6) is 0 Å². The minimum Gasteiger partial charge on any atom is -0.372 e. The second kappa shape index (κ2) is 6.04. The monoisotopic (exact) mass is 375 g/mol. The Labute approximate surface area is 126 Å². The fraction of sp³-hybridized carbons (Fsp3) is 0.538. The molecular formula is C13H18IN3O2. The highest BCUT2D eigenvalue weighted by Crippen LogP contribution is 2.30. The van der Waals surface area contributed by atoms with Gasteiger partial charge >= 0.3 is 0 Å². The summed E-state index contributed by atoms with van der Waals surface area (Å²) in [5.74, 6) is 0. The molecule has 0 radical (unpaired) electrons. The molecule has 0 bridgehead atoms. The Balaban J connectivity index is 2.13. The third-order valence-electron chi connectivity index (χ3n) is 3.82. The molecule has 0 atom stereocenters. The van der Waals surface area contributed by atoms with E-state index >= 15 is 0 Å². The largest absolute Gasteiger partial charge is 0.372 e. The summed E-state index contributed by atoms with van der Waals surface area (Å²) in [5, 5.41) is 10.8. The van der Waals surface area contributed by atoms with Gasteiger partial charge in [0.2, 0.25) is 0 Å². The number of nitro groups is 1. The van der Waals surface area contributed by atoms with Crippen LogP contribution in [0.25, 0.3) is 0 Å². The van der Waals surface area contributed by atoms with Crippen molar-refractivity contribution in [2.75, 3.05) is 11.9 Å². The first kappa shape index (κ1) is 14.5. The highest BCUT2D eigenvalue weighted by molar-refractivity contribution is 14.1. The molecule has 2 N–H and O–H groups in total. The van der Waals surface area contributed by atoms with Gasteiger partial charge in [-0.2, -0.15) is 0 Å². The Bertz CT molecular complexity index is 473. The van der Waals surface area contributed by atoms with Gasteiger partial charge in [-0.05, 0) is 60.4 Å². The van der Waals surface area contributed by atoms with E-state index in [9.17, 15) is 10.1 Å². The van der Waals surface area contributed by atoms with Gasteiger partial charge in [0.25, 0.3) is 5.69 Å². The van der Waals surface area contributed by atoms with E-state index in [0.717, 1.165) is 31.4 Å². The van der Waals surface area contributed by atoms with Crippen molar-refractivity contribution in [3.8, 4) is 0 Å². The number of anilines is 1. The standard InChI is InChI=1S/C13H18IN3O2/c1-16(10-4-2-9(15)3-5-10)11-6-7-13(17(18)19)12(14)8-11/h6-10H,2-5,15H2,1H3. The van der Waals surface area contributed by atoms with Crippen molar-refractivity contribution in [1.82, 2.24) is 0 Å². The maximum atomic E-state index is 10.8. The summed E-state index contributed by atoms with van der Waals surface area (Å²) in [6.45, 7) is 0. The fourth-order valence-electron chi connectivity index (χ4n) is 2.56. The number of hydrogen-bond acceptors (Lipinski definition) is 4. The molecule has 0 saturated heterocycles. The number of benzene rings is 1. The predicted molar refractivity (Wildman–Crippen MR) is 84.4 cm³/mol. The number of rotatable bonds is 3. The number of nitrogens with two attached hydrogens (primary N) is 1. The molecule has 2 rings (SSSR count). The molecule has 19 heavy (non-hydrogen) atoms. The van der Waals surface area contributed by atoms with Crippen LogP contribution in [-0.4, -0.2) is 24.1 Å². The molecule has 1 saturated carbocycles. The molecule has 1 aromatic carbocycles. The van der Waals surface area contributed by atoms with Crippen LogP contribution >= 0.6 is 22.6 Å². The van der Waals surface area contributed by atoms with E-state index in [0.29, 0.717) is 15.7 Å². The normalized spacial score (nSPS) is 23.1. The Kier molecular flexibility index (Phi) is 4.62. The molecule has 1 aliphatic rings. The molecule has 0 heterocycles. The van der Waals surface area contributed by atoms with Gasteiger partial charge in [-0.3, -0.25) is 10.1 Å². The van der Waals surface area contributed by atoms with Gasteiger partial charge in [0, 0.05) is 30.9 Å². The van der Waals surface area contributed by atoms with Gasteiger partial charge in [-0.1, -0.05) is 0 Å². The highest BCUT2D eigenvalue weighted by atomic mass is 127. The third kappa shape index (κ3) is 3.36. The molecule has 0 amide bonds. The fourth-order valence-corrected chi connectivity index (χ4v) is 3.26. The summed E-state index contributed by atoms with van der Waals surface area (Å²) in [4.78, 5) is 12.7. The van der Waals surface area contributed by atoms with Crippen molar-refractivity contribution < 1.29 is 4.92 Å². The average Bonchev–Trinajstić information content (AvgIpc) is 2.38. The Morgan fingerprint density at radius 1 is 1.37 bits per heavy atom. The number of nitrogens with zero attached hydrogens (tertiary/aromatic N) is 2. The molecule has 6 heteroatoms. The minimum atomic E-state index is -0.342. The molecule has 0 aromatic heterocycles. The van der Waals surface area contributed by atoms with Crippen molar-refractivity contribution in [2.45, 2.75) is 37.8 Å². The lowest BCUT2D eigenvalue weighted by molar-refractivity contribution is -0.385. The van der Waals surface area contributed by atoms with Crippen molar-refractivity contribution in [3.05, 3.63) is 31.9 Å². The lowest BCUT2D eigenvalue weighted by Gasteiger charge is -2.35.